The van der Waals surface area contributed by atoms with Crippen molar-refractivity contribution in [3.8, 4) is 0 Å². The van der Waals surface area contributed by atoms with Crippen molar-refractivity contribution in [2.24, 2.45) is 23.7 Å². The van der Waals surface area contributed by atoms with Crippen LogP contribution >= 0.6 is 0 Å². The number of carbonyl (C=O) groups is 10. The zero-order valence-electron chi connectivity index (χ0n) is 44.3. The summed E-state index contributed by atoms with van der Waals surface area (Å²) in [5.74, 6) is -5.41. The Morgan fingerprint density at radius 3 is 1.93 bits per heavy atom. The molecule has 20 nitrogen and oxygen atoms in total. The van der Waals surface area contributed by atoms with Crippen molar-refractivity contribution in [3.63, 3.8) is 0 Å². The van der Waals surface area contributed by atoms with Gasteiger partial charge >= 0.3 is 6.03 Å². The molecule has 0 spiro atoms. The molecule has 0 bridgehead atoms. The summed E-state index contributed by atoms with van der Waals surface area (Å²) in [5.41, 5.74) is 9.43. The van der Waals surface area contributed by atoms with Crippen molar-refractivity contribution in [1.29, 1.82) is 0 Å². The normalized spacial score (nSPS) is 17.5. The van der Waals surface area contributed by atoms with E-state index in [-0.39, 0.29) is 113 Å². The molecule has 7 atom stereocenters. The maximum atomic E-state index is 14.6. The largest absolute Gasteiger partial charge is 0.447 e. The van der Waals surface area contributed by atoms with E-state index in [2.05, 4.69) is 56.0 Å². The summed E-state index contributed by atoms with van der Waals surface area (Å²) in [5, 5.41) is 18.2. The molecule has 1 radical (unpaired) electrons. The van der Waals surface area contributed by atoms with Gasteiger partial charge in [0, 0.05) is 95.0 Å². The van der Waals surface area contributed by atoms with Gasteiger partial charge in [-0.15, -0.1) is 0 Å². The molecule has 0 aliphatic carbocycles. The Morgan fingerprint density at radius 2 is 1.36 bits per heavy atom. The fourth-order valence-corrected chi connectivity index (χ4v) is 9.23. The Labute approximate surface area is 460 Å². The fraction of sp³-hybridized carbons (Fsp3) is 0.585. The molecule has 4 rings (SSSR count). The van der Waals surface area contributed by atoms with Crippen LogP contribution in [0.1, 0.15) is 110 Å². The number of likely N-dealkylation sites (N-methyl/N-ethyl adjacent to an activating group) is 1. The molecule has 74 heavy (non-hydrogen) atoms. The minimum atomic E-state index is -1.04. The number of ketones is 3. The monoisotopic (exact) mass is 1100 g/mol. The van der Waals surface area contributed by atoms with E-state index in [0.717, 1.165) is 18.5 Å². The Hall–Kier alpha value is -5.44. The van der Waals surface area contributed by atoms with Crippen molar-refractivity contribution in [2.45, 2.75) is 142 Å². The maximum absolute atomic E-state index is 14.6. The van der Waals surface area contributed by atoms with Gasteiger partial charge in [0.05, 0.1) is 24.5 Å². The van der Waals surface area contributed by atoms with Crippen molar-refractivity contribution in [1.82, 2.24) is 36.4 Å². The third kappa shape index (κ3) is 20.0. The van der Waals surface area contributed by atoms with Crippen LogP contribution in [0.2, 0.25) is 0 Å². The van der Waals surface area contributed by atoms with Gasteiger partial charge < -0.3 is 47.4 Å². The van der Waals surface area contributed by atoms with E-state index in [0.29, 0.717) is 55.2 Å². The average molecular weight is 1100 g/mol. The molecule has 2 aliphatic rings. The number of benzene rings is 2. The summed E-state index contributed by atoms with van der Waals surface area (Å²) in [6.45, 7) is 10.9. The second-order valence-electron chi connectivity index (χ2n) is 20.2. The van der Waals surface area contributed by atoms with E-state index in [1.54, 1.807) is 67.4 Å². The quantitative estimate of drug-likeness (QED) is 0.0546. The van der Waals surface area contributed by atoms with Gasteiger partial charge in [0.15, 0.2) is 23.4 Å². The van der Waals surface area contributed by atoms with Crippen LogP contribution < -0.4 is 37.2 Å². The second-order valence-corrected chi connectivity index (χ2v) is 20.2. The number of Topliss-reactive ketones (excluding diaryl/α,β-unsaturated/α-hetero) is 3. The molecule has 0 aromatic heterocycles. The van der Waals surface area contributed by atoms with Crippen molar-refractivity contribution >= 4 is 70.3 Å². The molecule has 8 N–H and O–H groups in total. The van der Waals surface area contributed by atoms with Gasteiger partial charge in [-0.25, -0.2) is 4.79 Å². The van der Waals surface area contributed by atoms with Gasteiger partial charge in [-0.2, -0.15) is 0 Å². The molecule has 403 valence electrons. The van der Waals surface area contributed by atoms with Crippen LogP contribution in [0.3, 0.4) is 0 Å². The molecule has 2 aromatic rings. The number of hydrogen-bond donors (Lipinski definition) is 7. The molecular formula is C53H77N10O10Y-. The number of carbonyl (C=O) groups excluding carboxylic acids is 10. The van der Waals surface area contributed by atoms with E-state index in [1.165, 1.54) is 7.05 Å². The summed E-state index contributed by atoms with van der Waals surface area (Å²) < 4.78 is 0. The smallest absolute Gasteiger partial charge is 0.322 e. The van der Waals surface area contributed by atoms with Crippen LogP contribution in [0, 0.1) is 23.7 Å². The Kier molecular flexibility index (Phi) is 26.2. The standard InChI is InChI=1S/C53H78N10O10.Y/c1-31(2)24-41(45(65)28-36(12-9-10-22-62(8)32(3)4)51(71)63-23-11-13-43(63)46(66)25-33(5)48(68)56-7)59-49(69)37(26-34-14-20-39(21-15-34)58-52(54)72)29-44(64)40(55-6)27-35-16-18-38(19-17-35)57-50(70)42-30-47(67)61-53(73)60-42;/h14-21,31-33,36-37,40-43,55H,9-13,22-30H2,1-8H3,(H8,54,56,57,58,59,60,61,67,68,69,70,72,73);/p-1/t33-,36?,37-,40-,41-,42-,43?;/m0./s1. The number of likely N-dealkylation sites (tertiary alicyclic amines) is 1. The molecule has 0 saturated carbocycles. The van der Waals surface area contributed by atoms with Crippen LogP contribution in [-0.4, -0.2) is 133 Å². The van der Waals surface area contributed by atoms with Crippen LogP contribution in [0.15, 0.2) is 48.5 Å². The summed E-state index contributed by atoms with van der Waals surface area (Å²) in [6.07, 6.45) is 2.81. The number of nitrogens with one attached hydrogen (secondary N) is 8. The molecule has 21 heteroatoms. The van der Waals surface area contributed by atoms with Crippen molar-refractivity contribution < 1.29 is 80.7 Å². The van der Waals surface area contributed by atoms with Gasteiger partial charge in [-0.1, -0.05) is 63.6 Å². The van der Waals surface area contributed by atoms with Crippen LogP contribution in [0.25, 0.3) is 5.73 Å². The van der Waals surface area contributed by atoms with Crippen molar-refractivity contribution in [2.75, 3.05) is 44.9 Å². The van der Waals surface area contributed by atoms with Gasteiger partial charge in [0.25, 0.3) is 0 Å². The van der Waals surface area contributed by atoms with Crippen LogP contribution in [0.5, 0.6) is 0 Å². The molecule has 2 fully saturated rings. The summed E-state index contributed by atoms with van der Waals surface area (Å²) in [4.78, 5) is 135. The SMILES string of the molecule is CNC(=O)[C@@H](C)CC(=O)C1CCCN1C(=O)C(CCCCN(C)C(C)C)CC(=O)[C@H](CC(C)C)NC(=O)[C@H](CC(=O)[C@H](Cc1ccc(NC(=O)[C@@H]2CC(=O)NC(=O)N2)cc1)NC)Cc1ccc(NC([NH-])=O)cc1.[Y]. The number of imide groups is 1. The van der Waals surface area contributed by atoms with E-state index in [9.17, 15) is 47.9 Å². The third-order valence-corrected chi connectivity index (χ3v) is 13.7. The number of hydrogen-bond acceptors (Lipinski definition) is 12. The second kappa shape index (κ2) is 30.8. The summed E-state index contributed by atoms with van der Waals surface area (Å²) >= 11 is 0. The molecule has 2 unspecified atom stereocenters. The predicted molar refractivity (Wildman–Crippen MR) is 277 cm³/mol. The first kappa shape index (κ1) is 62.9. The van der Waals surface area contributed by atoms with Gasteiger partial charge in [-0.05, 0) is 114 Å². The first-order valence-corrected chi connectivity index (χ1v) is 25.5. The van der Waals surface area contributed by atoms with Crippen molar-refractivity contribution in [3.05, 3.63) is 65.4 Å². The average Bonchev–Trinajstić information content (AvgIpc) is 3.84. The topological polar surface area (TPSA) is 285 Å². The van der Waals surface area contributed by atoms with Gasteiger partial charge in [0.1, 0.15) is 6.04 Å². The first-order chi connectivity index (χ1) is 34.6. The summed E-state index contributed by atoms with van der Waals surface area (Å²) in [7, 11) is 5.17. The number of rotatable bonds is 29. The summed E-state index contributed by atoms with van der Waals surface area (Å²) in [6, 6.07) is 8.32. The zero-order chi connectivity index (χ0) is 53.9. The Morgan fingerprint density at radius 1 is 0.770 bits per heavy atom. The fourth-order valence-electron chi connectivity index (χ4n) is 9.23. The zero-order valence-corrected chi connectivity index (χ0v) is 47.1. The predicted octanol–water partition coefficient (Wildman–Crippen LogP) is 4.70. The van der Waals surface area contributed by atoms with E-state index >= 15 is 0 Å². The molecule has 2 aromatic carbocycles. The maximum Gasteiger partial charge on any atom is 0.322 e. The molecule has 2 aliphatic heterocycles. The number of urea groups is 2. The van der Waals surface area contributed by atoms with Gasteiger partial charge in [-0.3, -0.25) is 48.5 Å². The van der Waals surface area contributed by atoms with Gasteiger partial charge in [0.2, 0.25) is 29.5 Å². The molecule has 2 saturated heterocycles. The Balaban J connectivity index is 0.0000144. The first-order valence-electron chi connectivity index (χ1n) is 25.5. The number of nitrogens with zero attached hydrogens (tertiary/aromatic N) is 2. The minimum absolute atomic E-state index is 0. The number of amides is 9. The van der Waals surface area contributed by atoms with E-state index < -0.39 is 71.7 Å². The number of anilines is 2. The van der Waals surface area contributed by atoms with E-state index in [4.69, 9.17) is 5.73 Å². The molecule has 2 heterocycles. The van der Waals surface area contributed by atoms with Crippen LogP contribution in [0.4, 0.5) is 21.0 Å². The number of unbranched alkanes of at least 4 members (excludes halogenated alkanes) is 1. The third-order valence-electron chi connectivity index (χ3n) is 13.7. The minimum Gasteiger partial charge on any atom is -0.447 e. The van der Waals surface area contributed by atoms with Crippen LogP contribution in [-0.2, 0) is 83.9 Å². The Bertz CT molecular complexity index is 2260. The van der Waals surface area contributed by atoms with E-state index in [1.807, 2.05) is 20.9 Å². The molecular weight excluding hydrogens is 1030 g/mol. The molecule has 9 amide bonds.